The normalized spacial score (nSPS) is 10.3. The Morgan fingerprint density at radius 1 is 1.04 bits per heavy atom. The van der Waals surface area contributed by atoms with Gasteiger partial charge in [-0.25, -0.2) is 9.97 Å². The van der Waals surface area contributed by atoms with Gasteiger partial charge < -0.3 is 11.1 Å². The molecule has 5 heteroatoms. The van der Waals surface area contributed by atoms with Crippen LogP contribution in [0.2, 0.25) is 0 Å². The number of rotatable bonds is 4. The highest BCUT2D eigenvalue weighted by Crippen LogP contribution is 2.22. The van der Waals surface area contributed by atoms with Crippen molar-refractivity contribution in [3.05, 3.63) is 66.5 Å². The minimum Gasteiger partial charge on any atom is -0.399 e. The molecule has 0 amide bonds. The molecule has 3 aromatic rings. The van der Waals surface area contributed by atoms with Crippen LogP contribution in [-0.4, -0.2) is 15.8 Å². The second-order valence-corrected chi connectivity index (χ2v) is 5.17. The van der Waals surface area contributed by atoms with Gasteiger partial charge in [0.05, 0.1) is 5.69 Å². The summed E-state index contributed by atoms with van der Waals surface area (Å²) in [6.45, 7) is 1.55. The van der Waals surface area contributed by atoms with Crippen LogP contribution in [0.4, 0.5) is 17.2 Å². The van der Waals surface area contributed by atoms with Crippen molar-refractivity contribution >= 4 is 23.0 Å². The number of carbonyl (C=O) groups is 1. The van der Waals surface area contributed by atoms with E-state index >= 15 is 0 Å². The van der Waals surface area contributed by atoms with E-state index in [-0.39, 0.29) is 5.78 Å². The number of nitrogen functional groups attached to an aromatic ring is 1. The summed E-state index contributed by atoms with van der Waals surface area (Å²) in [4.78, 5) is 20.0. The molecule has 0 spiro atoms. The molecule has 0 saturated heterocycles. The van der Waals surface area contributed by atoms with Crippen LogP contribution in [0.3, 0.4) is 0 Å². The van der Waals surface area contributed by atoms with Crippen molar-refractivity contribution in [2.45, 2.75) is 6.92 Å². The highest BCUT2D eigenvalue weighted by molar-refractivity contribution is 5.95. The number of nitrogens with zero attached hydrogens (tertiary/aromatic N) is 2. The molecular weight excluding hydrogens is 288 g/mol. The molecule has 0 unspecified atom stereocenters. The number of nitrogens with one attached hydrogen (secondary N) is 1. The third kappa shape index (κ3) is 3.52. The number of hydrogen-bond donors (Lipinski definition) is 2. The number of aromatic nitrogens is 2. The van der Waals surface area contributed by atoms with Crippen molar-refractivity contribution in [1.29, 1.82) is 0 Å². The first-order chi connectivity index (χ1) is 11.1. The zero-order chi connectivity index (χ0) is 16.2. The fraction of sp³-hybridized carbons (Fsp3) is 0.0556. The topological polar surface area (TPSA) is 80.9 Å². The van der Waals surface area contributed by atoms with E-state index in [0.29, 0.717) is 17.1 Å². The van der Waals surface area contributed by atoms with Crippen molar-refractivity contribution in [3.8, 4) is 11.3 Å². The van der Waals surface area contributed by atoms with E-state index in [0.717, 1.165) is 16.9 Å². The molecule has 0 saturated carbocycles. The van der Waals surface area contributed by atoms with E-state index in [4.69, 9.17) is 5.73 Å². The number of carbonyl (C=O) groups excluding carboxylic acids is 1. The Balaban J connectivity index is 1.89. The first-order valence-electron chi connectivity index (χ1n) is 7.18. The van der Waals surface area contributed by atoms with E-state index in [1.165, 1.54) is 6.33 Å². The summed E-state index contributed by atoms with van der Waals surface area (Å²) < 4.78 is 0. The van der Waals surface area contributed by atoms with E-state index < -0.39 is 0 Å². The second kappa shape index (κ2) is 6.27. The Morgan fingerprint density at radius 2 is 1.83 bits per heavy atom. The molecule has 0 aliphatic rings. The standard InChI is InChI=1S/C18H16N4O/c1-12(23)13-3-2-4-14(9-13)17-10-18(21-11-20-17)22-16-7-5-15(19)6-8-16/h2-11H,19H2,1H3,(H,20,21,22). The molecule has 23 heavy (non-hydrogen) atoms. The van der Waals surface area contributed by atoms with Gasteiger partial charge >= 0.3 is 0 Å². The summed E-state index contributed by atoms with van der Waals surface area (Å²) in [5.41, 5.74) is 9.56. The van der Waals surface area contributed by atoms with Crippen LogP contribution in [0.15, 0.2) is 60.9 Å². The minimum atomic E-state index is 0.0288. The lowest BCUT2D eigenvalue weighted by Gasteiger charge is -2.08. The van der Waals surface area contributed by atoms with Crippen molar-refractivity contribution in [2.24, 2.45) is 0 Å². The molecule has 1 aromatic heterocycles. The quantitative estimate of drug-likeness (QED) is 0.568. The van der Waals surface area contributed by atoms with Gasteiger partial charge in [0.25, 0.3) is 0 Å². The molecule has 2 aromatic carbocycles. The largest absolute Gasteiger partial charge is 0.399 e. The van der Waals surface area contributed by atoms with Gasteiger partial charge in [-0.15, -0.1) is 0 Å². The third-order valence-electron chi connectivity index (χ3n) is 3.42. The number of nitrogens with two attached hydrogens (primary N) is 1. The van der Waals surface area contributed by atoms with Crippen molar-refractivity contribution in [3.63, 3.8) is 0 Å². The van der Waals surface area contributed by atoms with Crippen LogP contribution in [0.5, 0.6) is 0 Å². The predicted octanol–water partition coefficient (Wildman–Crippen LogP) is 3.67. The fourth-order valence-corrected chi connectivity index (χ4v) is 2.20. The average molecular weight is 304 g/mol. The van der Waals surface area contributed by atoms with E-state index in [2.05, 4.69) is 15.3 Å². The van der Waals surface area contributed by atoms with Crippen molar-refractivity contribution < 1.29 is 4.79 Å². The maximum Gasteiger partial charge on any atom is 0.159 e. The third-order valence-corrected chi connectivity index (χ3v) is 3.42. The van der Waals surface area contributed by atoms with Crippen LogP contribution in [0.25, 0.3) is 11.3 Å². The minimum absolute atomic E-state index is 0.0288. The molecule has 5 nitrogen and oxygen atoms in total. The molecule has 0 radical (unpaired) electrons. The Labute approximate surface area is 134 Å². The van der Waals surface area contributed by atoms with Gasteiger partial charge in [0.2, 0.25) is 0 Å². The van der Waals surface area contributed by atoms with Crippen LogP contribution in [0.1, 0.15) is 17.3 Å². The average Bonchev–Trinajstić information content (AvgIpc) is 2.57. The van der Waals surface area contributed by atoms with Crippen LogP contribution in [-0.2, 0) is 0 Å². The highest BCUT2D eigenvalue weighted by atomic mass is 16.1. The summed E-state index contributed by atoms with van der Waals surface area (Å²) in [6, 6.07) is 16.6. The molecule has 1 heterocycles. The lowest BCUT2D eigenvalue weighted by molar-refractivity contribution is 0.101. The molecule has 3 rings (SSSR count). The summed E-state index contributed by atoms with van der Waals surface area (Å²) >= 11 is 0. The van der Waals surface area contributed by atoms with Gasteiger partial charge in [0, 0.05) is 28.6 Å². The predicted molar refractivity (Wildman–Crippen MR) is 91.6 cm³/mol. The van der Waals surface area contributed by atoms with Crippen molar-refractivity contribution in [2.75, 3.05) is 11.1 Å². The molecule has 0 fully saturated rings. The highest BCUT2D eigenvalue weighted by Gasteiger charge is 2.05. The Morgan fingerprint density at radius 3 is 2.57 bits per heavy atom. The first kappa shape index (κ1) is 14.7. The molecule has 0 bridgehead atoms. The molecule has 0 atom stereocenters. The van der Waals surface area contributed by atoms with Crippen LogP contribution < -0.4 is 11.1 Å². The van der Waals surface area contributed by atoms with Gasteiger partial charge in [-0.2, -0.15) is 0 Å². The first-order valence-corrected chi connectivity index (χ1v) is 7.18. The maximum absolute atomic E-state index is 11.5. The zero-order valence-corrected chi connectivity index (χ0v) is 12.7. The lowest BCUT2D eigenvalue weighted by atomic mass is 10.1. The summed E-state index contributed by atoms with van der Waals surface area (Å²) in [5.74, 6) is 0.703. The smallest absolute Gasteiger partial charge is 0.159 e. The number of benzene rings is 2. The Hall–Kier alpha value is -3.21. The second-order valence-electron chi connectivity index (χ2n) is 5.17. The van der Waals surface area contributed by atoms with Gasteiger partial charge in [-0.05, 0) is 37.3 Å². The van der Waals surface area contributed by atoms with Crippen LogP contribution in [0, 0.1) is 0 Å². The molecular formula is C18H16N4O. The van der Waals surface area contributed by atoms with Gasteiger partial charge in [0.1, 0.15) is 12.1 Å². The summed E-state index contributed by atoms with van der Waals surface area (Å²) in [7, 11) is 0. The lowest BCUT2D eigenvalue weighted by Crippen LogP contribution is -1.97. The number of anilines is 3. The monoisotopic (exact) mass is 304 g/mol. The van der Waals surface area contributed by atoms with Crippen molar-refractivity contribution in [1.82, 2.24) is 9.97 Å². The number of hydrogen-bond acceptors (Lipinski definition) is 5. The zero-order valence-electron chi connectivity index (χ0n) is 12.7. The molecule has 3 N–H and O–H groups in total. The van der Waals surface area contributed by atoms with Gasteiger partial charge in [0.15, 0.2) is 5.78 Å². The Kier molecular flexibility index (Phi) is 4.01. The summed E-state index contributed by atoms with van der Waals surface area (Å²) in [6.07, 6.45) is 1.50. The maximum atomic E-state index is 11.5. The Bertz CT molecular complexity index is 844. The number of Topliss-reactive ketones (excluding diaryl/α,β-unsaturated/α-hetero) is 1. The van der Waals surface area contributed by atoms with E-state index in [9.17, 15) is 4.79 Å². The summed E-state index contributed by atoms with van der Waals surface area (Å²) in [5, 5.41) is 3.21. The molecule has 114 valence electrons. The SMILES string of the molecule is CC(=O)c1cccc(-c2cc(Nc3ccc(N)cc3)ncn2)c1. The van der Waals surface area contributed by atoms with E-state index in [1.807, 2.05) is 48.5 Å². The van der Waals surface area contributed by atoms with E-state index in [1.54, 1.807) is 13.0 Å². The van der Waals surface area contributed by atoms with Gasteiger partial charge in [-0.1, -0.05) is 18.2 Å². The molecule has 0 aliphatic heterocycles. The molecule has 0 aliphatic carbocycles. The number of ketones is 1. The van der Waals surface area contributed by atoms with Crippen LogP contribution >= 0.6 is 0 Å². The fourth-order valence-electron chi connectivity index (χ4n) is 2.20. The van der Waals surface area contributed by atoms with Gasteiger partial charge in [-0.3, -0.25) is 4.79 Å².